The van der Waals surface area contributed by atoms with Crippen molar-refractivity contribution >= 4 is 40.8 Å². The fraction of sp³-hybridized carbons (Fsp3) is 0.240. The molecule has 2 heterocycles. The Balaban J connectivity index is 1.51. The molecule has 1 aliphatic heterocycles. The molecule has 0 saturated heterocycles. The number of urea groups is 1. The molecule has 164 valence electrons. The Hall–Kier alpha value is -3.32. The van der Waals surface area contributed by atoms with Gasteiger partial charge in [0, 0.05) is 34.9 Å². The van der Waals surface area contributed by atoms with Crippen molar-refractivity contribution in [3.63, 3.8) is 0 Å². The zero-order valence-electron chi connectivity index (χ0n) is 18.7. The van der Waals surface area contributed by atoms with Crippen LogP contribution in [-0.2, 0) is 0 Å². The van der Waals surface area contributed by atoms with Gasteiger partial charge in [-0.05, 0) is 80.8 Å². The van der Waals surface area contributed by atoms with E-state index in [0.717, 1.165) is 44.5 Å². The van der Waals surface area contributed by atoms with Gasteiger partial charge in [-0.2, -0.15) is 0 Å². The topological polar surface area (TPSA) is 74.3 Å². The number of aromatic nitrogens is 1. The zero-order valence-corrected chi connectivity index (χ0v) is 19.5. The van der Waals surface area contributed by atoms with E-state index >= 15 is 0 Å². The molecule has 32 heavy (non-hydrogen) atoms. The molecule has 2 N–H and O–H groups in total. The number of fused-ring (bicyclic) bond motifs is 1. The van der Waals surface area contributed by atoms with E-state index in [1.165, 1.54) is 0 Å². The van der Waals surface area contributed by atoms with E-state index in [1.54, 1.807) is 40.9 Å². The first kappa shape index (κ1) is 21.9. The Kier molecular flexibility index (Phi) is 6.19. The van der Waals surface area contributed by atoms with Crippen LogP contribution in [0, 0.1) is 27.7 Å². The van der Waals surface area contributed by atoms with Crippen LogP contribution < -0.4 is 15.5 Å². The largest absolute Gasteiger partial charge is 0.326 e. The predicted molar refractivity (Wildman–Crippen MR) is 131 cm³/mol. The smallest absolute Gasteiger partial charge is 0.322 e. The van der Waals surface area contributed by atoms with Crippen molar-refractivity contribution in [2.45, 2.75) is 32.7 Å². The highest BCUT2D eigenvalue weighted by atomic mass is 32.2. The van der Waals surface area contributed by atoms with Gasteiger partial charge in [0.1, 0.15) is 5.03 Å². The summed E-state index contributed by atoms with van der Waals surface area (Å²) in [6, 6.07) is 14.7. The molecule has 3 aromatic rings. The first-order valence-electron chi connectivity index (χ1n) is 10.5. The quantitative estimate of drug-likeness (QED) is 0.540. The molecule has 0 atom stereocenters. The third-order valence-corrected chi connectivity index (χ3v) is 6.15. The summed E-state index contributed by atoms with van der Waals surface area (Å²) >= 11 is 1.67. The Morgan fingerprint density at radius 2 is 1.69 bits per heavy atom. The molecule has 0 spiro atoms. The number of benzene rings is 2. The van der Waals surface area contributed by atoms with E-state index in [-0.39, 0.29) is 11.9 Å². The van der Waals surface area contributed by atoms with Gasteiger partial charge in [-0.15, -0.1) is 11.8 Å². The highest BCUT2D eigenvalue weighted by Gasteiger charge is 2.26. The van der Waals surface area contributed by atoms with Crippen molar-refractivity contribution < 1.29 is 9.59 Å². The molecule has 6 nitrogen and oxygen atoms in total. The van der Waals surface area contributed by atoms with Crippen molar-refractivity contribution in [1.82, 2.24) is 4.98 Å². The number of pyridine rings is 1. The van der Waals surface area contributed by atoms with Crippen molar-refractivity contribution in [2.75, 3.05) is 27.8 Å². The number of nitrogens with zero attached hydrogens (tertiary/aromatic N) is 2. The first-order valence-corrected chi connectivity index (χ1v) is 11.5. The number of nitrogens with one attached hydrogen (secondary N) is 2. The minimum atomic E-state index is -0.229. The molecule has 0 aliphatic carbocycles. The lowest BCUT2D eigenvalue weighted by Crippen LogP contribution is -2.39. The number of anilines is 3. The van der Waals surface area contributed by atoms with E-state index in [9.17, 15) is 9.59 Å². The third-order valence-electron chi connectivity index (χ3n) is 5.20. The number of carbonyl (C=O) groups excluding carboxylic acids is 2. The van der Waals surface area contributed by atoms with Gasteiger partial charge in [0.05, 0.1) is 5.69 Å². The average molecular weight is 447 g/mol. The summed E-state index contributed by atoms with van der Waals surface area (Å²) in [6.45, 7) is 8.55. The van der Waals surface area contributed by atoms with E-state index in [0.29, 0.717) is 17.8 Å². The summed E-state index contributed by atoms with van der Waals surface area (Å²) in [5.74, 6) is 0.565. The number of aryl methyl sites for hydroxylation is 4. The van der Waals surface area contributed by atoms with Crippen LogP contribution in [0.25, 0.3) is 0 Å². The summed E-state index contributed by atoms with van der Waals surface area (Å²) in [5.41, 5.74) is 6.79. The fourth-order valence-corrected chi connectivity index (χ4v) is 5.04. The molecule has 3 amide bonds. The van der Waals surface area contributed by atoms with Crippen LogP contribution in [0.2, 0.25) is 0 Å². The normalized spacial score (nSPS) is 12.8. The monoisotopic (exact) mass is 446 g/mol. The highest BCUT2D eigenvalue weighted by molar-refractivity contribution is 7.99. The Labute approximate surface area is 192 Å². The maximum absolute atomic E-state index is 13.1. The second-order valence-electron chi connectivity index (χ2n) is 8.08. The van der Waals surface area contributed by atoms with Crippen LogP contribution in [0.4, 0.5) is 21.9 Å². The summed E-state index contributed by atoms with van der Waals surface area (Å²) in [4.78, 5) is 32.2. The van der Waals surface area contributed by atoms with E-state index in [2.05, 4.69) is 21.7 Å². The molecule has 0 radical (unpaired) electrons. The van der Waals surface area contributed by atoms with Gasteiger partial charge in [-0.1, -0.05) is 12.1 Å². The van der Waals surface area contributed by atoms with Gasteiger partial charge in [0.15, 0.2) is 0 Å². The van der Waals surface area contributed by atoms with Gasteiger partial charge < -0.3 is 10.6 Å². The molecule has 0 saturated carbocycles. The number of hydrogen-bond donors (Lipinski definition) is 2. The minimum absolute atomic E-state index is 0.221. The van der Waals surface area contributed by atoms with Gasteiger partial charge in [-0.25, -0.2) is 9.78 Å². The van der Waals surface area contributed by atoms with E-state index < -0.39 is 0 Å². The summed E-state index contributed by atoms with van der Waals surface area (Å²) in [6.07, 6.45) is 0. The average Bonchev–Trinajstić information content (AvgIpc) is 2.72. The van der Waals surface area contributed by atoms with Crippen LogP contribution in [0.3, 0.4) is 0 Å². The second-order valence-corrected chi connectivity index (χ2v) is 9.16. The molecule has 0 bridgehead atoms. The van der Waals surface area contributed by atoms with Crippen LogP contribution >= 0.6 is 11.8 Å². The molecule has 2 aromatic carbocycles. The highest BCUT2D eigenvalue weighted by Crippen LogP contribution is 2.36. The van der Waals surface area contributed by atoms with Crippen LogP contribution in [-0.4, -0.2) is 29.2 Å². The summed E-state index contributed by atoms with van der Waals surface area (Å²) < 4.78 is 0. The number of rotatable bonds is 3. The van der Waals surface area contributed by atoms with Gasteiger partial charge in [0.2, 0.25) is 0 Å². The lowest BCUT2D eigenvalue weighted by Gasteiger charge is -2.30. The Morgan fingerprint density at radius 3 is 2.44 bits per heavy atom. The maximum atomic E-state index is 13.1. The molecule has 0 unspecified atom stereocenters. The molecular weight excluding hydrogens is 420 g/mol. The molecule has 7 heteroatoms. The van der Waals surface area contributed by atoms with Gasteiger partial charge in [0.25, 0.3) is 5.91 Å². The van der Waals surface area contributed by atoms with Gasteiger partial charge in [-0.3, -0.25) is 9.69 Å². The predicted octanol–water partition coefficient (Wildman–Crippen LogP) is 5.71. The second kappa shape index (κ2) is 9.04. The molecule has 1 aliphatic rings. The lowest BCUT2D eigenvalue weighted by molar-refractivity contribution is 0.102. The standard InChI is InChI=1S/C25H26N4O2S/c1-15-10-16(2)12-21(11-15)27-23(30)19-6-5-7-20(14-19)28-25(31)29-8-9-32-24-22(29)17(3)13-18(4)26-24/h5-7,10-14H,8-9H2,1-4H3,(H,27,30)(H,28,31). The number of thioether (sulfide) groups is 1. The third kappa shape index (κ3) is 4.78. The van der Waals surface area contributed by atoms with Gasteiger partial charge >= 0.3 is 6.03 Å². The molecule has 4 rings (SSSR count). The van der Waals surface area contributed by atoms with Crippen LogP contribution in [0.5, 0.6) is 0 Å². The summed E-state index contributed by atoms with van der Waals surface area (Å²) in [7, 11) is 0. The van der Waals surface area contributed by atoms with E-state index in [4.69, 9.17) is 0 Å². The number of hydrogen-bond acceptors (Lipinski definition) is 4. The van der Waals surface area contributed by atoms with Crippen molar-refractivity contribution in [2.24, 2.45) is 0 Å². The number of amides is 3. The minimum Gasteiger partial charge on any atom is -0.322 e. The zero-order chi connectivity index (χ0) is 22.8. The molecule has 1 aromatic heterocycles. The Morgan fingerprint density at radius 1 is 0.938 bits per heavy atom. The van der Waals surface area contributed by atoms with Crippen LogP contribution in [0.1, 0.15) is 32.7 Å². The van der Waals surface area contributed by atoms with Crippen molar-refractivity contribution in [1.29, 1.82) is 0 Å². The summed E-state index contributed by atoms with van der Waals surface area (Å²) in [5, 5.41) is 6.76. The van der Waals surface area contributed by atoms with Crippen LogP contribution in [0.15, 0.2) is 53.6 Å². The maximum Gasteiger partial charge on any atom is 0.326 e. The van der Waals surface area contributed by atoms with E-state index in [1.807, 2.05) is 45.9 Å². The van der Waals surface area contributed by atoms with Crippen molar-refractivity contribution in [3.8, 4) is 0 Å². The molecular formula is C25H26N4O2S. The Bertz CT molecular complexity index is 1190. The fourth-order valence-electron chi connectivity index (χ4n) is 3.95. The number of carbonyl (C=O) groups is 2. The van der Waals surface area contributed by atoms with Crippen molar-refractivity contribution in [3.05, 3.63) is 76.5 Å². The lowest BCUT2D eigenvalue weighted by atomic mass is 10.1. The first-order chi connectivity index (χ1) is 15.3. The SMILES string of the molecule is Cc1cc(C)cc(NC(=O)c2cccc(NC(=O)N3CCSc4nc(C)cc(C)c43)c2)c1. The molecule has 0 fully saturated rings.